The number of methoxy groups -OCH3 is 1. The number of benzene rings is 1. The van der Waals surface area contributed by atoms with Crippen LogP contribution in [0.1, 0.15) is 22.3 Å². The molecule has 1 aromatic carbocycles. The summed E-state index contributed by atoms with van der Waals surface area (Å²) in [7, 11) is 1.35. The van der Waals surface area contributed by atoms with Gasteiger partial charge in [0.15, 0.2) is 0 Å². The van der Waals surface area contributed by atoms with Gasteiger partial charge in [0.1, 0.15) is 0 Å². The summed E-state index contributed by atoms with van der Waals surface area (Å²) in [5, 5.41) is 0. The predicted molar refractivity (Wildman–Crippen MR) is 76.8 cm³/mol. The molecule has 0 N–H and O–H groups in total. The molecule has 1 aliphatic rings. The first-order valence-electron chi connectivity index (χ1n) is 6.17. The largest absolute Gasteiger partial charge is 0.465 e. The molecule has 1 aliphatic heterocycles. The van der Waals surface area contributed by atoms with Gasteiger partial charge in [0.2, 0.25) is 5.91 Å². The number of hydrogen-bond donors (Lipinski definition) is 1. The summed E-state index contributed by atoms with van der Waals surface area (Å²) in [5.74, 6) is 0.765. The molecule has 1 aromatic rings. The number of rotatable bonds is 3. The van der Waals surface area contributed by atoms with Crippen LogP contribution in [-0.2, 0) is 9.53 Å². The molecule has 4 nitrogen and oxygen atoms in total. The molecule has 19 heavy (non-hydrogen) atoms. The third-order valence-corrected chi connectivity index (χ3v) is 3.89. The minimum atomic E-state index is -0.365. The van der Waals surface area contributed by atoms with Crippen LogP contribution in [0.25, 0.3) is 0 Å². The standard InChI is InChI=1S/C14H17NO3S/c1-9-5-11(14(17)18-2)3-4-12(9)15-7-10(8-19)6-13(15)16/h3-5,10,19H,6-8H2,1-2H3. The van der Waals surface area contributed by atoms with Crippen molar-refractivity contribution in [1.29, 1.82) is 0 Å². The quantitative estimate of drug-likeness (QED) is 0.680. The van der Waals surface area contributed by atoms with E-state index in [1.165, 1.54) is 7.11 Å². The lowest BCUT2D eigenvalue weighted by Crippen LogP contribution is -2.25. The highest BCUT2D eigenvalue weighted by Gasteiger charge is 2.30. The topological polar surface area (TPSA) is 46.6 Å². The van der Waals surface area contributed by atoms with Gasteiger partial charge in [0.05, 0.1) is 12.7 Å². The molecule has 102 valence electrons. The van der Waals surface area contributed by atoms with Gasteiger partial charge in [-0.25, -0.2) is 4.79 Å². The van der Waals surface area contributed by atoms with E-state index < -0.39 is 0 Å². The Balaban J connectivity index is 2.27. The third-order valence-electron chi connectivity index (χ3n) is 3.37. The van der Waals surface area contributed by atoms with E-state index in [0.29, 0.717) is 30.2 Å². The summed E-state index contributed by atoms with van der Waals surface area (Å²) >= 11 is 4.25. The fraction of sp³-hybridized carbons (Fsp3) is 0.429. The van der Waals surface area contributed by atoms with Crippen molar-refractivity contribution < 1.29 is 14.3 Å². The lowest BCUT2D eigenvalue weighted by molar-refractivity contribution is -0.117. The number of ether oxygens (including phenoxy) is 1. The summed E-state index contributed by atoms with van der Waals surface area (Å²) in [6.45, 7) is 2.59. The van der Waals surface area contributed by atoms with Crippen LogP contribution in [-0.4, -0.2) is 31.3 Å². The van der Waals surface area contributed by atoms with Crippen LogP contribution < -0.4 is 4.90 Å². The van der Waals surface area contributed by atoms with Gasteiger partial charge in [0.25, 0.3) is 0 Å². The van der Waals surface area contributed by atoms with E-state index >= 15 is 0 Å². The minimum Gasteiger partial charge on any atom is -0.465 e. The molecule has 0 radical (unpaired) electrons. The van der Waals surface area contributed by atoms with E-state index in [1.807, 2.05) is 6.92 Å². The number of carbonyl (C=O) groups excluding carboxylic acids is 2. The van der Waals surface area contributed by atoms with E-state index in [9.17, 15) is 9.59 Å². The number of carbonyl (C=O) groups is 2. The second-order valence-electron chi connectivity index (χ2n) is 4.75. The van der Waals surface area contributed by atoms with Crippen molar-refractivity contribution in [3.8, 4) is 0 Å². The van der Waals surface area contributed by atoms with Gasteiger partial charge in [0, 0.05) is 18.7 Å². The average molecular weight is 279 g/mol. The second-order valence-corrected chi connectivity index (χ2v) is 5.12. The molecule has 0 bridgehead atoms. The Labute approximate surface area is 118 Å². The van der Waals surface area contributed by atoms with Crippen molar-refractivity contribution in [1.82, 2.24) is 0 Å². The average Bonchev–Trinajstić information content (AvgIpc) is 2.79. The molecule has 1 heterocycles. The predicted octanol–water partition coefficient (Wildman–Crippen LogP) is 2.06. The van der Waals surface area contributed by atoms with Gasteiger partial charge in [-0.3, -0.25) is 4.79 Å². The Morgan fingerprint density at radius 3 is 2.79 bits per heavy atom. The zero-order valence-corrected chi connectivity index (χ0v) is 11.9. The Kier molecular flexibility index (Phi) is 4.14. The van der Waals surface area contributed by atoms with E-state index in [4.69, 9.17) is 0 Å². The number of esters is 1. The minimum absolute atomic E-state index is 0.118. The lowest BCUT2D eigenvalue weighted by Gasteiger charge is -2.19. The summed E-state index contributed by atoms with van der Waals surface area (Å²) < 4.78 is 4.68. The van der Waals surface area contributed by atoms with Gasteiger partial charge < -0.3 is 9.64 Å². The maximum Gasteiger partial charge on any atom is 0.337 e. The van der Waals surface area contributed by atoms with Crippen LogP contribution in [0, 0.1) is 12.8 Å². The smallest absolute Gasteiger partial charge is 0.337 e. The molecule has 5 heteroatoms. The molecule has 1 atom stereocenters. The van der Waals surface area contributed by atoms with Crippen LogP contribution >= 0.6 is 12.6 Å². The lowest BCUT2D eigenvalue weighted by atomic mass is 10.1. The van der Waals surface area contributed by atoms with E-state index in [-0.39, 0.29) is 11.9 Å². The Bertz CT molecular complexity index is 515. The van der Waals surface area contributed by atoms with Crippen LogP contribution in [0.3, 0.4) is 0 Å². The fourth-order valence-electron chi connectivity index (χ4n) is 2.34. The fourth-order valence-corrected chi connectivity index (χ4v) is 2.58. The molecule has 1 amide bonds. The highest BCUT2D eigenvalue weighted by atomic mass is 32.1. The highest BCUT2D eigenvalue weighted by Crippen LogP contribution is 2.29. The molecular formula is C14H17NO3S. The van der Waals surface area contributed by atoms with E-state index in [1.54, 1.807) is 23.1 Å². The monoisotopic (exact) mass is 279 g/mol. The maximum absolute atomic E-state index is 12.0. The number of amides is 1. The van der Waals surface area contributed by atoms with Gasteiger partial charge in [-0.05, 0) is 42.4 Å². The molecule has 1 unspecified atom stereocenters. The molecule has 2 rings (SSSR count). The first kappa shape index (κ1) is 13.9. The zero-order valence-electron chi connectivity index (χ0n) is 11.0. The Hall–Kier alpha value is -1.49. The number of hydrogen-bond acceptors (Lipinski definition) is 4. The number of nitrogens with zero attached hydrogens (tertiary/aromatic N) is 1. The maximum atomic E-state index is 12.0. The van der Waals surface area contributed by atoms with Crippen molar-refractivity contribution in [3.63, 3.8) is 0 Å². The van der Waals surface area contributed by atoms with Gasteiger partial charge in [-0.1, -0.05) is 0 Å². The van der Waals surface area contributed by atoms with Gasteiger partial charge in [-0.2, -0.15) is 12.6 Å². The van der Waals surface area contributed by atoms with Gasteiger partial charge >= 0.3 is 5.97 Å². The molecule has 0 saturated carbocycles. The number of thiol groups is 1. The highest BCUT2D eigenvalue weighted by molar-refractivity contribution is 7.80. The molecular weight excluding hydrogens is 262 g/mol. The van der Waals surface area contributed by atoms with Crippen molar-refractivity contribution in [2.75, 3.05) is 24.3 Å². The van der Waals surface area contributed by atoms with Crippen LogP contribution in [0.4, 0.5) is 5.69 Å². The summed E-state index contributed by atoms with van der Waals surface area (Å²) in [4.78, 5) is 25.2. The summed E-state index contributed by atoms with van der Waals surface area (Å²) in [5.41, 5.74) is 2.26. The second kappa shape index (κ2) is 5.65. The summed E-state index contributed by atoms with van der Waals surface area (Å²) in [6.07, 6.45) is 0.543. The van der Waals surface area contributed by atoms with Crippen LogP contribution in [0.2, 0.25) is 0 Å². The number of anilines is 1. The number of aryl methyl sites for hydroxylation is 1. The molecule has 0 aliphatic carbocycles. The first-order valence-corrected chi connectivity index (χ1v) is 6.80. The molecule has 1 saturated heterocycles. The zero-order chi connectivity index (χ0) is 14.0. The van der Waals surface area contributed by atoms with Crippen molar-refractivity contribution in [3.05, 3.63) is 29.3 Å². The van der Waals surface area contributed by atoms with Crippen molar-refractivity contribution in [2.24, 2.45) is 5.92 Å². The van der Waals surface area contributed by atoms with E-state index in [2.05, 4.69) is 17.4 Å². The SMILES string of the molecule is COC(=O)c1ccc(N2CC(CS)CC2=O)c(C)c1. The molecule has 0 spiro atoms. The van der Waals surface area contributed by atoms with Crippen molar-refractivity contribution >= 4 is 30.2 Å². The third kappa shape index (κ3) is 2.76. The summed E-state index contributed by atoms with van der Waals surface area (Å²) in [6, 6.07) is 5.25. The van der Waals surface area contributed by atoms with Crippen LogP contribution in [0.15, 0.2) is 18.2 Å². The Morgan fingerprint density at radius 2 is 2.26 bits per heavy atom. The Morgan fingerprint density at radius 1 is 1.53 bits per heavy atom. The molecule has 0 aromatic heterocycles. The molecule has 1 fully saturated rings. The first-order chi connectivity index (χ1) is 9.06. The normalized spacial score (nSPS) is 18.8. The van der Waals surface area contributed by atoms with Crippen molar-refractivity contribution in [2.45, 2.75) is 13.3 Å². The van der Waals surface area contributed by atoms with Gasteiger partial charge in [-0.15, -0.1) is 0 Å². The van der Waals surface area contributed by atoms with E-state index in [0.717, 1.165) is 11.3 Å². The van der Waals surface area contributed by atoms with Crippen LogP contribution in [0.5, 0.6) is 0 Å².